The van der Waals surface area contributed by atoms with Crippen LogP contribution in [0, 0.1) is 40.4 Å². The van der Waals surface area contributed by atoms with Gasteiger partial charge in [-0.1, -0.05) is 27.7 Å². The van der Waals surface area contributed by atoms with Gasteiger partial charge in [-0.3, -0.25) is 4.79 Å². The third-order valence-electron chi connectivity index (χ3n) is 17.2. The second kappa shape index (κ2) is 20.2. The van der Waals surface area contributed by atoms with E-state index in [2.05, 4.69) is 13.8 Å². The summed E-state index contributed by atoms with van der Waals surface area (Å²) in [6.45, 7) is 8.58. The lowest BCUT2D eigenvalue weighted by molar-refractivity contribution is -0.364. The molecule has 0 aromatic heterocycles. The van der Waals surface area contributed by atoms with Crippen molar-refractivity contribution in [2.24, 2.45) is 40.4 Å². The molecule has 3 saturated heterocycles. The van der Waals surface area contributed by atoms with E-state index >= 15 is 0 Å². The van der Waals surface area contributed by atoms with E-state index in [9.17, 15) is 66.1 Å². The predicted octanol–water partition coefficient (Wildman–Crippen LogP) is -2.07. The minimum atomic E-state index is -1.70. The first-order chi connectivity index (χ1) is 30.6. The van der Waals surface area contributed by atoms with Gasteiger partial charge in [0.2, 0.25) is 0 Å². The molecule has 0 spiro atoms. The van der Waals surface area contributed by atoms with Crippen LogP contribution < -0.4 is 0 Å². The molecule has 20 heteroatoms. The molecule has 4 saturated carbocycles. The van der Waals surface area contributed by atoms with Crippen molar-refractivity contribution in [1.82, 2.24) is 0 Å². The van der Waals surface area contributed by atoms with Gasteiger partial charge in [0.1, 0.15) is 73.2 Å². The normalized spacial score (nSPS) is 52.8. The monoisotopic (exact) mass is 936 g/mol. The van der Waals surface area contributed by atoms with Gasteiger partial charge >= 0.3 is 5.97 Å². The summed E-state index contributed by atoms with van der Waals surface area (Å²) >= 11 is 0. The zero-order valence-electron chi connectivity index (χ0n) is 38.1. The number of ether oxygens (including phenoxy) is 7. The minimum absolute atomic E-state index is 0.0201. The van der Waals surface area contributed by atoms with Crippen molar-refractivity contribution in [1.29, 1.82) is 0 Å². The Morgan fingerprint density at radius 1 is 0.738 bits per heavy atom. The Balaban J connectivity index is 0.942. The van der Waals surface area contributed by atoms with Crippen molar-refractivity contribution in [2.75, 3.05) is 19.8 Å². The molecule has 0 aromatic rings. The Hall–Kier alpha value is -1.25. The van der Waals surface area contributed by atoms with Gasteiger partial charge in [-0.15, -0.1) is 0 Å². The summed E-state index contributed by atoms with van der Waals surface area (Å²) < 4.78 is 40.7. The Morgan fingerprint density at radius 2 is 1.37 bits per heavy atom. The van der Waals surface area contributed by atoms with Crippen LogP contribution in [0.25, 0.3) is 0 Å². The second-order valence-electron chi connectivity index (χ2n) is 21.0. The van der Waals surface area contributed by atoms with E-state index < -0.39 is 129 Å². The Kier molecular flexibility index (Phi) is 16.1. The number of carbonyl (C=O) groups is 1. The molecule has 26 atom stereocenters. The van der Waals surface area contributed by atoms with Crippen LogP contribution in [-0.2, 0) is 38.0 Å². The first-order valence-electron chi connectivity index (χ1n) is 23.8. The van der Waals surface area contributed by atoms with Crippen LogP contribution in [0.1, 0.15) is 98.8 Å². The summed E-state index contributed by atoms with van der Waals surface area (Å²) in [4.78, 5) is 13.4. The van der Waals surface area contributed by atoms with Crippen LogP contribution in [-0.4, -0.2) is 203 Å². The summed E-state index contributed by atoms with van der Waals surface area (Å²) in [5.74, 6) is -0.195. The highest BCUT2D eigenvalue weighted by Crippen LogP contribution is 2.69. The zero-order valence-corrected chi connectivity index (χ0v) is 38.1. The maximum Gasteiger partial charge on any atom is 0.306 e. The smallest absolute Gasteiger partial charge is 0.306 e. The summed E-state index contributed by atoms with van der Waals surface area (Å²) in [5, 5.41) is 128. The molecular formula is C45H76O20. The van der Waals surface area contributed by atoms with E-state index in [4.69, 9.17) is 33.2 Å². The maximum atomic E-state index is 13.4. The summed E-state index contributed by atoms with van der Waals surface area (Å²) in [6, 6.07) is 0. The Bertz CT molecular complexity index is 1590. The lowest BCUT2D eigenvalue weighted by Crippen LogP contribution is -2.69. The highest BCUT2D eigenvalue weighted by atomic mass is 16.7. The molecule has 7 fully saturated rings. The number of fused-ring (bicyclic) bond motifs is 5. The number of hydrogen-bond donors (Lipinski definition) is 12. The van der Waals surface area contributed by atoms with E-state index in [0.717, 1.165) is 19.3 Å². The van der Waals surface area contributed by atoms with E-state index in [1.54, 1.807) is 0 Å². The number of rotatable bonds is 14. The molecule has 3 heterocycles. The molecule has 3 aliphatic heterocycles. The summed E-state index contributed by atoms with van der Waals surface area (Å²) in [6.07, 6.45) is -18.9. The molecule has 7 aliphatic rings. The van der Waals surface area contributed by atoms with Crippen LogP contribution in [0.4, 0.5) is 0 Å². The minimum Gasteiger partial charge on any atom is -0.462 e. The average molecular weight is 937 g/mol. The molecule has 0 unspecified atom stereocenters. The molecule has 0 radical (unpaired) electrons. The second-order valence-corrected chi connectivity index (χ2v) is 21.0. The van der Waals surface area contributed by atoms with Gasteiger partial charge in [-0.25, -0.2) is 0 Å². The first kappa shape index (κ1) is 51.6. The molecule has 0 aromatic carbocycles. The fourth-order valence-corrected chi connectivity index (χ4v) is 13.3. The average Bonchev–Trinajstić information content (AvgIpc) is 3.56. The number of aliphatic hydroxyl groups is 12. The standard InChI is InChI=1S/C45H76O20/c1-6-23-26(62-30(49)8-7-19(2)18-59-40-36(55)34(53)32(51)27(16-46)63-40)14-25-22-13-29(48)45(58)15-21(9-12-44(45,5)24(22)10-11-43(23,25)4)61-42-38(57)35(54)39(28(17-47)64-42)65-41-37(56)33(52)31(50)20(3)60-41/h19-29,31-42,46-48,50-58H,6-18H2,1-5H3/t19-,20-,21-,22+,23-,24-,25-,26-,27+,28+,29-,31-,32+,33+,34-,35+,36+,37+,38+,39+,40+,41-,42+,43+,44+,45+/m0/s1. The lowest BCUT2D eigenvalue weighted by atomic mass is 9.42. The molecule has 20 nitrogen and oxygen atoms in total. The van der Waals surface area contributed by atoms with Crippen LogP contribution in [0.3, 0.4) is 0 Å². The van der Waals surface area contributed by atoms with Crippen LogP contribution in [0.2, 0.25) is 0 Å². The Morgan fingerprint density at radius 3 is 2.05 bits per heavy atom. The summed E-state index contributed by atoms with van der Waals surface area (Å²) in [7, 11) is 0. The van der Waals surface area contributed by atoms with E-state index in [1.165, 1.54) is 6.92 Å². The molecule has 12 N–H and O–H groups in total. The van der Waals surface area contributed by atoms with Crippen molar-refractivity contribution in [3.05, 3.63) is 0 Å². The lowest BCUT2D eigenvalue weighted by Gasteiger charge is -2.65. The van der Waals surface area contributed by atoms with Crippen molar-refractivity contribution in [3.8, 4) is 0 Å². The van der Waals surface area contributed by atoms with Crippen molar-refractivity contribution < 1.29 is 99.2 Å². The van der Waals surface area contributed by atoms with Gasteiger partial charge in [0.15, 0.2) is 18.9 Å². The quantitative estimate of drug-likeness (QED) is 0.0658. The third-order valence-corrected chi connectivity index (χ3v) is 17.2. The molecule has 65 heavy (non-hydrogen) atoms. The SMILES string of the molecule is CC[C@H]1[C@@H](OC(=O)CC[C@H](C)CO[C@@H]2O[C@H](CO)[C@@H](O)[C@H](O)[C@H]2O)C[C@H]2[C@@H]3C[C@H](O)[C@]4(O)C[C@@H](O[C@@H]5O[C@H](CO)[C@@H](O[C@@H]6O[C@@H](C)[C@H](O)[C@@H](O)[C@H]6O)[C@H](O)[C@H]5O)CC[C@]4(C)[C@H]3CC[C@@]21C. The largest absolute Gasteiger partial charge is 0.462 e. The highest BCUT2D eigenvalue weighted by molar-refractivity contribution is 5.69. The van der Waals surface area contributed by atoms with Gasteiger partial charge in [0.05, 0.1) is 43.7 Å². The molecule has 0 amide bonds. The van der Waals surface area contributed by atoms with Gasteiger partial charge < -0.3 is 94.4 Å². The first-order valence-corrected chi connectivity index (χ1v) is 23.8. The summed E-state index contributed by atoms with van der Waals surface area (Å²) in [5.41, 5.74) is -2.45. The molecule has 4 aliphatic carbocycles. The van der Waals surface area contributed by atoms with Crippen LogP contribution in [0.5, 0.6) is 0 Å². The molecule has 0 bridgehead atoms. The fourth-order valence-electron chi connectivity index (χ4n) is 13.3. The van der Waals surface area contributed by atoms with Gasteiger partial charge in [-0.05, 0) is 87.4 Å². The van der Waals surface area contributed by atoms with Crippen molar-refractivity contribution in [2.45, 2.75) is 215 Å². The van der Waals surface area contributed by atoms with Gasteiger partial charge in [-0.2, -0.15) is 0 Å². The number of hydrogen-bond acceptors (Lipinski definition) is 20. The van der Waals surface area contributed by atoms with Gasteiger partial charge in [0, 0.05) is 24.2 Å². The van der Waals surface area contributed by atoms with Crippen molar-refractivity contribution in [3.63, 3.8) is 0 Å². The van der Waals surface area contributed by atoms with Crippen molar-refractivity contribution >= 4 is 5.97 Å². The van der Waals surface area contributed by atoms with E-state index in [-0.39, 0.29) is 66.5 Å². The Labute approximate surface area is 379 Å². The number of esters is 1. The fraction of sp³-hybridized carbons (Fsp3) is 0.978. The topological polar surface area (TPSA) is 324 Å². The van der Waals surface area contributed by atoms with Crippen LogP contribution >= 0.6 is 0 Å². The third kappa shape index (κ3) is 9.43. The van der Waals surface area contributed by atoms with E-state index in [0.29, 0.717) is 32.1 Å². The molecular weight excluding hydrogens is 860 g/mol. The number of aliphatic hydroxyl groups excluding tert-OH is 11. The molecule has 7 rings (SSSR count). The zero-order chi connectivity index (χ0) is 47.5. The highest BCUT2D eigenvalue weighted by Gasteiger charge is 2.69. The predicted molar refractivity (Wildman–Crippen MR) is 222 cm³/mol. The molecule has 376 valence electrons. The van der Waals surface area contributed by atoms with Crippen LogP contribution in [0.15, 0.2) is 0 Å². The van der Waals surface area contributed by atoms with Gasteiger partial charge in [0.25, 0.3) is 0 Å². The van der Waals surface area contributed by atoms with E-state index in [1.807, 2.05) is 13.8 Å². The number of carbonyl (C=O) groups excluding carboxylic acids is 1. The maximum absolute atomic E-state index is 13.4.